The molecule has 0 spiro atoms. The summed E-state index contributed by atoms with van der Waals surface area (Å²) in [5.74, 6) is 0.140. The molecule has 0 atom stereocenters. The maximum absolute atomic E-state index is 13.8. The van der Waals surface area contributed by atoms with E-state index in [1.165, 1.54) is 22.0 Å². The molecule has 2 aromatic carbocycles. The van der Waals surface area contributed by atoms with Crippen LogP contribution in [0.15, 0.2) is 58.5 Å². The topological polar surface area (TPSA) is 81.3 Å². The smallest absolute Gasteiger partial charge is 0.265 e. The third-order valence-electron chi connectivity index (χ3n) is 6.05. The quantitative estimate of drug-likeness (QED) is 0.466. The Morgan fingerprint density at radius 3 is 2.73 bits per heavy atom. The van der Waals surface area contributed by atoms with Crippen LogP contribution in [0.1, 0.15) is 30.5 Å². The first-order chi connectivity index (χ1) is 15.8. The second kappa shape index (κ2) is 7.88. The summed E-state index contributed by atoms with van der Waals surface area (Å²) in [4.78, 5) is 31.5. The number of carbonyl (C=O) groups is 1. The summed E-state index contributed by atoms with van der Waals surface area (Å²) < 4.78 is 3.06. The van der Waals surface area contributed by atoms with E-state index in [9.17, 15) is 9.59 Å². The Kier molecular flexibility index (Phi) is 5.12. The average Bonchev–Trinajstić information content (AvgIpc) is 3.11. The molecule has 2 heterocycles. The molecule has 0 saturated carbocycles. The Bertz CT molecular complexity index is 1470. The number of aromatic nitrogens is 4. The number of nitrogens with one attached hydrogen (secondary N) is 1. The summed E-state index contributed by atoms with van der Waals surface area (Å²) in [5.41, 5.74) is 4.80. The van der Waals surface area contributed by atoms with Gasteiger partial charge in [0.1, 0.15) is 6.54 Å². The van der Waals surface area contributed by atoms with Gasteiger partial charge in [0.2, 0.25) is 11.7 Å². The van der Waals surface area contributed by atoms with E-state index in [-0.39, 0.29) is 23.4 Å². The van der Waals surface area contributed by atoms with Crippen LogP contribution in [-0.2, 0) is 23.2 Å². The summed E-state index contributed by atoms with van der Waals surface area (Å²) in [6, 6.07) is 15.7. The van der Waals surface area contributed by atoms with Crippen molar-refractivity contribution in [3.05, 3.63) is 75.6 Å². The van der Waals surface area contributed by atoms with Gasteiger partial charge < -0.3 is 5.32 Å². The van der Waals surface area contributed by atoms with Crippen molar-refractivity contribution >= 4 is 29.1 Å². The first-order valence-electron chi connectivity index (χ1n) is 10.8. The van der Waals surface area contributed by atoms with Crippen LogP contribution in [0.5, 0.6) is 0 Å². The van der Waals surface area contributed by atoms with Crippen LogP contribution in [0.4, 0.5) is 5.69 Å². The second-order valence-electron chi connectivity index (χ2n) is 9.06. The third kappa shape index (κ3) is 3.64. The molecule has 5 rings (SSSR count). The van der Waals surface area contributed by atoms with Gasteiger partial charge in [-0.05, 0) is 42.9 Å². The molecule has 1 aliphatic carbocycles. The highest BCUT2D eigenvalue weighted by atomic mass is 32.2. The lowest BCUT2D eigenvalue weighted by Crippen LogP contribution is -2.36. The molecule has 33 heavy (non-hydrogen) atoms. The maximum Gasteiger partial charge on any atom is 0.265 e. The summed E-state index contributed by atoms with van der Waals surface area (Å²) in [5, 5.41) is 7.99. The molecular weight excluding hydrogens is 434 g/mol. The van der Waals surface area contributed by atoms with Crippen molar-refractivity contribution in [1.29, 1.82) is 0 Å². The molecule has 2 aromatic heterocycles. The molecule has 0 bridgehead atoms. The molecule has 0 saturated heterocycles. The number of nitrogens with zero attached hydrogens (tertiary/aromatic N) is 4. The minimum Gasteiger partial charge on any atom is -0.324 e. The second-order valence-corrected chi connectivity index (χ2v) is 9.83. The van der Waals surface area contributed by atoms with E-state index in [1.807, 2.05) is 55.6 Å². The number of hydrogen-bond acceptors (Lipinski definition) is 5. The lowest BCUT2D eigenvalue weighted by Gasteiger charge is -2.32. The van der Waals surface area contributed by atoms with Gasteiger partial charge in [0.15, 0.2) is 5.16 Å². The Balaban J connectivity index is 1.64. The molecule has 1 amide bonds. The largest absolute Gasteiger partial charge is 0.324 e. The molecule has 168 valence electrons. The number of aryl methyl sites for hydroxylation is 1. The fourth-order valence-electron chi connectivity index (χ4n) is 4.62. The number of rotatable bonds is 4. The van der Waals surface area contributed by atoms with Crippen molar-refractivity contribution in [2.75, 3.05) is 11.6 Å². The van der Waals surface area contributed by atoms with E-state index in [0.29, 0.717) is 22.2 Å². The molecule has 0 aliphatic heterocycles. The van der Waals surface area contributed by atoms with E-state index in [4.69, 9.17) is 4.98 Å². The zero-order valence-corrected chi connectivity index (χ0v) is 19.9. The van der Waals surface area contributed by atoms with Crippen LogP contribution in [0.25, 0.3) is 17.0 Å². The number of hydrogen-bond donors (Lipinski definition) is 1. The average molecular weight is 460 g/mol. The van der Waals surface area contributed by atoms with Crippen LogP contribution in [0.3, 0.4) is 0 Å². The van der Waals surface area contributed by atoms with Crippen molar-refractivity contribution in [2.45, 2.75) is 44.3 Å². The van der Waals surface area contributed by atoms with Gasteiger partial charge in [0.25, 0.3) is 5.56 Å². The molecule has 0 fully saturated rings. The van der Waals surface area contributed by atoms with Gasteiger partial charge in [-0.25, -0.2) is 14.1 Å². The van der Waals surface area contributed by atoms with Crippen molar-refractivity contribution < 1.29 is 4.79 Å². The minimum absolute atomic E-state index is 0.0474. The molecule has 4 aromatic rings. The number of fused-ring (bicyclic) bond motifs is 4. The SMILES string of the molecule is CSc1nn(CC(=O)Nc2cccc(C)c2)c2nc3c(c(=O)n12)C(C)(C)Cc1ccccc1-3. The number of carbonyl (C=O) groups excluding carboxylic acids is 1. The predicted molar refractivity (Wildman–Crippen MR) is 131 cm³/mol. The van der Waals surface area contributed by atoms with Crippen LogP contribution < -0.4 is 10.9 Å². The number of amides is 1. The van der Waals surface area contributed by atoms with Crippen LogP contribution in [0.2, 0.25) is 0 Å². The van der Waals surface area contributed by atoms with E-state index < -0.39 is 0 Å². The zero-order chi connectivity index (χ0) is 23.3. The highest BCUT2D eigenvalue weighted by Gasteiger charge is 2.36. The van der Waals surface area contributed by atoms with Gasteiger partial charge in [0.05, 0.1) is 11.3 Å². The number of anilines is 1. The lowest BCUT2D eigenvalue weighted by atomic mass is 9.72. The monoisotopic (exact) mass is 459 g/mol. The standard InChI is InChI=1S/C25H25N5O2S/c1-15-8-7-10-17(12-15)26-19(31)14-29-23-27-21-18-11-6-5-9-16(18)13-25(2,3)20(21)22(32)30(23)24(28-29)33-4/h5-12H,13-14H2,1-4H3,(H,26,31). The van der Waals surface area contributed by atoms with E-state index in [0.717, 1.165) is 23.2 Å². The van der Waals surface area contributed by atoms with Gasteiger partial charge in [-0.1, -0.05) is 62.0 Å². The molecular formula is C25H25N5O2S. The van der Waals surface area contributed by atoms with E-state index >= 15 is 0 Å². The maximum atomic E-state index is 13.8. The molecule has 7 nitrogen and oxygen atoms in total. The normalized spacial score (nSPS) is 14.1. The molecule has 0 radical (unpaired) electrons. The fraction of sp³-hybridized carbons (Fsp3) is 0.280. The van der Waals surface area contributed by atoms with Crippen molar-refractivity contribution in [1.82, 2.24) is 19.2 Å². The zero-order valence-electron chi connectivity index (χ0n) is 19.0. The van der Waals surface area contributed by atoms with Crippen molar-refractivity contribution in [2.24, 2.45) is 0 Å². The Morgan fingerprint density at radius 1 is 1.18 bits per heavy atom. The van der Waals surface area contributed by atoms with Crippen LogP contribution in [0, 0.1) is 6.92 Å². The fourth-order valence-corrected chi connectivity index (χ4v) is 5.15. The summed E-state index contributed by atoms with van der Waals surface area (Å²) >= 11 is 1.36. The number of thioether (sulfide) groups is 1. The first-order valence-corrected chi connectivity index (χ1v) is 12.0. The summed E-state index contributed by atoms with van der Waals surface area (Å²) in [6.07, 6.45) is 2.63. The first kappa shape index (κ1) is 21.5. The van der Waals surface area contributed by atoms with Gasteiger partial charge in [-0.15, -0.1) is 5.10 Å². The van der Waals surface area contributed by atoms with Crippen molar-refractivity contribution in [3.8, 4) is 11.3 Å². The Morgan fingerprint density at radius 2 is 1.97 bits per heavy atom. The van der Waals surface area contributed by atoms with Crippen LogP contribution >= 0.6 is 11.8 Å². The minimum atomic E-state index is -0.366. The van der Waals surface area contributed by atoms with Gasteiger partial charge >= 0.3 is 0 Å². The molecule has 1 N–H and O–H groups in total. The van der Waals surface area contributed by atoms with Crippen molar-refractivity contribution in [3.63, 3.8) is 0 Å². The Hall–Kier alpha value is -3.39. The summed E-state index contributed by atoms with van der Waals surface area (Å²) in [6.45, 7) is 6.08. The highest BCUT2D eigenvalue weighted by Crippen LogP contribution is 2.40. The lowest BCUT2D eigenvalue weighted by molar-refractivity contribution is -0.116. The van der Waals surface area contributed by atoms with E-state index in [2.05, 4.69) is 30.3 Å². The highest BCUT2D eigenvalue weighted by molar-refractivity contribution is 7.98. The Labute approximate surface area is 195 Å². The predicted octanol–water partition coefficient (Wildman–Crippen LogP) is 4.06. The van der Waals surface area contributed by atoms with Crippen LogP contribution in [-0.4, -0.2) is 31.3 Å². The van der Waals surface area contributed by atoms with Gasteiger partial charge in [-0.3, -0.25) is 9.59 Å². The molecule has 0 unspecified atom stereocenters. The van der Waals surface area contributed by atoms with Gasteiger partial charge in [0, 0.05) is 16.7 Å². The van der Waals surface area contributed by atoms with Gasteiger partial charge in [-0.2, -0.15) is 0 Å². The number of benzene rings is 2. The van der Waals surface area contributed by atoms with E-state index in [1.54, 1.807) is 4.40 Å². The summed E-state index contributed by atoms with van der Waals surface area (Å²) in [7, 11) is 0. The molecule has 8 heteroatoms. The molecule has 1 aliphatic rings. The third-order valence-corrected chi connectivity index (χ3v) is 6.68.